The number of rotatable bonds is 5. The molecule has 0 aliphatic carbocycles. The Hall–Kier alpha value is -3.23. The summed E-state index contributed by atoms with van der Waals surface area (Å²) >= 11 is 0. The topological polar surface area (TPSA) is 76.4 Å². The van der Waals surface area contributed by atoms with Crippen LogP contribution < -0.4 is 9.64 Å². The highest BCUT2D eigenvalue weighted by atomic mass is 19.1. The van der Waals surface area contributed by atoms with Crippen molar-refractivity contribution < 1.29 is 13.9 Å². The fourth-order valence-corrected chi connectivity index (χ4v) is 3.70. The fraction of sp³-hybridized carbons (Fsp3) is 0.429. The molecule has 3 heterocycles. The zero-order chi connectivity index (χ0) is 21.3. The van der Waals surface area contributed by atoms with Crippen LogP contribution in [0, 0.1) is 12.7 Å². The molecule has 0 atom stereocenters. The van der Waals surface area contributed by atoms with Gasteiger partial charge >= 0.3 is 0 Å². The standard InChI is InChI=1S/C21H25FN6O2/c1-4-17-23-19-14(2)25-26(3)20(19)21(24-17)28-11-9-27(10-12-28)18(29)13-30-16-8-6-5-7-15(16)22/h5-8H,4,9-13H2,1-3H3. The van der Waals surface area contributed by atoms with Gasteiger partial charge in [-0.3, -0.25) is 9.48 Å². The van der Waals surface area contributed by atoms with E-state index in [0.29, 0.717) is 26.2 Å². The number of halogens is 1. The predicted molar refractivity (Wildman–Crippen MR) is 111 cm³/mol. The zero-order valence-electron chi connectivity index (χ0n) is 17.4. The third-order valence-corrected chi connectivity index (χ3v) is 5.31. The maximum absolute atomic E-state index is 13.7. The van der Waals surface area contributed by atoms with E-state index in [-0.39, 0.29) is 18.3 Å². The van der Waals surface area contributed by atoms with Crippen molar-refractivity contribution in [1.29, 1.82) is 0 Å². The second-order valence-electron chi connectivity index (χ2n) is 7.31. The molecule has 1 aliphatic heterocycles. The van der Waals surface area contributed by atoms with Gasteiger partial charge in [0, 0.05) is 39.6 Å². The Balaban J connectivity index is 1.45. The zero-order valence-corrected chi connectivity index (χ0v) is 17.4. The van der Waals surface area contributed by atoms with Gasteiger partial charge in [0.2, 0.25) is 0 Å². The average Bonchev–Trinajstić information content (AvgIpc) is 3.06. The van der Waals surface area contributed by atoms with Crippen LogP contribution in [0.3, 0.4) is 0 Å². The second-order valence-corrected chi connectivity index (χ2v) is 7.31. The van der Waals surface area contributed by atoms with Gasteiger partial charge < -0.3 is 14.5 Å². The number of hydrogen-bond acceptors (Lipinski definition) is 6. The SMILES string of the molecule is CCc1nc(N2CCN(C(=O)COc3ccccc3F)CC2)c2c(n1)c(C)nn2C. The average molecular weight is 412 g/mol. The molecule has 2 aromatic heterocycles. The highest BCUT2D eigenvalue weighted by Gasteiger charge is 2.26. The van der Waals surface area contributed by atoms with Crippen molar-refractivity contribution in [1.82, 2.24) is 24.6 Å². The lowest BCUT2D eigenvalue weighted by atomic mass is 10.2. The fourth-order valence-electron chi connectivity index (χ4n) is 3.70. The van der Waals surface area contributed by atoms with Gasteiger partial charge in [0.15, 0.2) is 24.0 Å². The molecule has 0 bridgehead atoms. The van der Waals surface area contributed by atoms with E-state index < -0.39 is 5.82 Å². The summed E-state index contributed by atoms with van der Waals surface area (Å²) in [6.07, 6.45) is 0.739. The first kappa shape index (κ1) is 20.1. The molecule has 1 fully saturated rings. The van der Waals surface area contributed by atoms with Crippen LogP contribution in [0.25, 0.3) is 11.0 Å². The van der Waals surface area contributed by atoms with Crippen LogP contribution in [0.5, 0.6) is 5.75 Å². The number of piperazine rings is 1. The molecule has 0 N–H and O–H groups in total. The van der Waals surface area contributed by atoms with Gasteiger partial charge in [0.05, 0.1) is 5.69 Å². The number of aryl methyl sites for hydroxylation is 3. The minimum atomic E-state index is -0.471. The molecule has 0 spiro atoms. The quantitative estimate of drug-likeness (QED) is 0.639. The molecule has 9 heteroatoms. The molecular formula is C21H25FN6O2. The molecule has 1 amide bonds. The van der Waals surface area contributed by atoms with Crippen LogP contribution in [-0.4, -0.2) is 63.3 Å². The molecule has 0 unspecified atom stereocenters. The molecule has 8 nitrogen and oxygen atoms in total. The molecule has 0 saturated carbocycles. The largest absolute Gasteiger partial charge is 0.481 e. The number of carbonyl (C=O) groups excluding carboxylic acids is 1. The molecule has 158 valence electrons. The number of anilines is 1. The van der Waals surface area contributed by atoms with Crippen molar-refractivity contribution in [2.75, 3.05) is 37.7 Å². The first-order chi connectivity index (χ1) is 14.5. The molecule has 0 radical (unpaired) electrons. The molecular weight excluding hydrogens is 387 g/mol. The summed E-state index contributed by atoms with van der Waals surface area (Å²) in [5, 5.41) is 4.50. The summed E-state index contributed by atoms with van der Waals surface area (Å²) in [5.41, 5.74) is 2.66. The van der Waals surface area contributed by atoms with Crippen molar-refractivity contribution in [3.8, 4) is 5.75 Å². The van der Waals surface area contributed by atoms with E-state index in [1.165, 1.54) is 12.1 Å². The maximum Gasteiger partial charge on any atom is 0.260 e. The first-order valence-electron chi connectivity index (χ1n) is 10.1. The smallest absolute Gasteiger partial charge is 0.260 e. The van der Waals surface area contributed by atoms with Gasteiger partial charge in [-0.15, -0.1) is 0 Å². The minimum Gasteiger partial charge on any atom is -0.481 e. The predicted octanol–water partition coefficient (Wildman–Crippen LogP) is 2.10. The van der Waals surface area contributed by atoms with Crippen LogP contribution in [0.1, 0.15) is 18.4 Å². The van der Waals surface area contributed by atoms with Crippen molar-refractivity contribution in [2.24, 2.45) is 7.05 Å². The highest BCUT2D eigenvalue weighted by Crippen LogP contribution is 2.26. The molecule has 4 rings (SSSR count). The van der Waals surface area contributed by atoms with Gasteiger partial charge in [-0.1, -0.05) is 19.1 Å². The van der Waals surface area contributed by atoms with Crippen molar-refractivity contribution in [2.45, 2.75) is 20.3 Å². The van der Waals surface area contributed by atoms with Gasteiger partial charge in [0.1, 0.15) is 16.9 Å². The van der Waals surface area contributed by atoms with Crippen LogP contribution in [0.4, 0.5) is 10.2 Å². The van der Waals surface area contributed by atoms with Gasteiger partial charge in [-0.25, -0.2) is 14.4 Å². The van der Waals surface area contributed by atoms with Crippen molar-refractivity contribution in [3.05, 3.63) is 41.6 Å². The van der Waals surface area contributed by atoms with E-state index in [4.69, 9.17) is 9.72 Å². The van der Waals surface area contributed by atoms with E-state index in [9.17, 15) is 9.18 Å². The van der Waals surface area contributed by atoms with Crippen molar-refractivity contribution in [3.63, 3.8) is 0 Å². The Labute approximate surface area is 174 Å². The van der Waals surface area contributed by atoms with E-state index in [1.54, 1.807) is 17.0 Å². The Kier molecular flexibility index (Phi) is 5.52. The lowest BCUT2D eigenvalue weighted by Gasteiger charge is -2.35. The molecule has 1 aromatic carbocycles. The number of ether oxygens (including phenoxy) is 1. The summed E-state index contributed by atoms with van der Waals surface area (Å²) in [7, 11) is 1.90. The maximum atomic E-state index is 13.7. The molecule has 1 aliphatic rings. The van der Waals surface area contributed by atoms with Crippen LogP contribution in [0.2, 0.25) is 0 Å². The number of hydrogen-bond donors (Lipinski definition) is 0. The van der Waals surface area contributed by atoms with Crippen LogP contribution in [0.15, 0.2) is 24.3 Å². The Morgan fingerprint density at radius 2 is 1.90 bits per heavy atom. The summed E-state index contributed by atoms with van der Waals surface area (Å²) in [6.45, 7) is 6.18. The normalized spacial score (nSPS) is 14.4. The van der Waals surface area contributed by atoms with Gasteiger partial charge in [-0.05, 0) is 19.1 Å². The number of fused-ring (bicyclic) bond motifs is 1. The summed E-state index contributed by atoms with van der Waals surface area (Å²) in [6, 6.07) is 6.09. The number of nitrogens with zero attached hydrogens (tertiary/aromatic N) is 6. The van der Waals surface area contributed by atoms with E-state index in [1.807, 2.05) is 25.6 Å². The second kappa shape index (κ2) is 8.25. The number of aromatic nitrogens is 4. The Morgan fingerprint density at radius 3 is 2.60 bits per heavy atom. The highest BCUT2D eigenvalue weighted by molar-refractivity contribution is 5.88. The molecule has 3 aromatic rings. The molecule has 1 saturated heterocycles. The number of para-hydroxylation sites is 1. The van der Waals surface area contributed by atoms with E-state index in [2.05, 4.69) is 15.0 Å². The minimum absolute atomic E-state index is 0.0894. The number of carbonyl (C=O) groups is 1. The summed E-state index contributed by atoms with van der Waals surface area (Å²) in [4.78, 5) is 25.8. The van der Waals surface area contributed by atoms with E-state index >= 15 is 0 Å². The Morgan fingerprint density at radius 1 is 1.17 bits per heavy atom. The van der Waals surface area contributed by atoms with Gasteiger partial charge in [-0.2, -0.15) is 5.10 Å². The lowest BCUT2D eigenvalue weighted by Crippen LogP contribution is -2.50. The van der Waals surface area contributed by atoms with Crippen molar-refractivity contribution >= 4 is 22.8 Å². The van der Waals surface area contributed by atoms with Crippen LogP contribution in [-0.2, 0) is 18.3 Å². The monoisotopic (exact) mass is 412 g/mol. The van der Waals surface area contributed by atoms with Gasteiger partial charge in [0.25, 0.3) is 5.91 Å². The van der Waals surface area contributed by atoms with Crippen LogP contribution >= 0.6 is 0 Å². The summed E-state index contributed by atoms with van der Waals surface area (Å²) in [5.74, 6) is 1.10. The lowest BCUT2D eigenvalue weighted by molar-refractivity contribution is -0.133. The Bertz CT molecular complexity index is 1070. The molecule has 30 heavy (non-hydrogen) atoms. The third-order valence-electron chi connectivity index (χ3n) is 5.31. The number of amides is 1. The first-order valence-corrected chi connectivity index (χ1v) is 10.1. The summed E-state index contributed by atoms with van der Waals surface area (Å²) < 4.78 is 20.8. The number of benzene rings is 1. The van der Waals surface area contributed by atoms with E-state index in [0.717, 1.165) is 34.8 Å². The third kappa shape index (κ3) is 3.79.